The number of hydrogen-bond donors (Lipinski definition) is 3. The van der Waals surface area contributed by atoms with Crippen molar-refractivity contribution in [2.45, 2.75) is 38.5 Å². The van der Waals surface area contributed by atoms with E-state index in [9.17, 15) is 19.2 Å². The molecule has 2 rings (SSSR count). The van der Waals surface area contributed by atoms with E-state index in [0.29, 0.717) is 19.4 Å². The fourth-order valence-electron chi connectivity index (χ4n) is 2.84. The van der Waals surface area contributed by atoms with Gasteiger partial charge in [0.15, 0.2) is 0 Å². The Hall–Kier alpha value is -3.10. The van der Waals surface area contributed by atoms with Gasteiger partial charge in [0.1, 0.15) is 25.2 Å². The second-order valence-electron chi connectivity index (χ2n) is 6.23. The van der Waals surface area contributed by atoms with E-state index in [1.807, 2.05) is 30.3 Å². The molecule has 146 valence electrons. The Morgan fingerprint density at radius 1 is 1.26 bits per heavy atom. The molecule has 9 nitrogen and oxygen atoms in total. The molecule has 3 N–H and O–H groups in total. The van der Waals surface area contributed by atoms with Gasteiger partial charge in [0.2, 0.25) is 11.8 Å². The zero-order valence-corrected chi connectivity index (χ0v) is 15.0. The van der Waals surface area contributed by atoms with Gasteiger partial charge in [-0.15, -0.1) is 0 Å². The number of likely N-dealkylation sites (tertiary alicyclic amines) is 1. The van der Waals surface area contributed by atoms with Crippen LogP contribution in [0.1, 0.15) is 25.3 Å². The van der Waals surface area contributed by atoms with Crippen molar-refractivity contribution in [2.75, 3.05) is 13.1 Å². The topological polar surface area (TPSA) is 125 Å². The largest absolute Gasteiger partial charge is 0.480 e. The molecule has 1 saturated heterocycles. The number of amides is 3. The van der Waals surface area contributed by atoms with E-state index in [0.717, 1.165) is 5.56 Å². The highest BCUT2D eigenvalue weighted by molar-refractivity contribution is 5.92. The standard InChI is InChI=1S/C18H23N3O6/c1-12(20-18(26)27-11-13-6-3-2-4-7-13)17(25)21-9-5-8-14(21)16(24)19-10-15(22)23/h2-4,6-7,12,14H,5,8-11H2,1H3,(H,19,24)(H,20,26)(H,22,23)/t12-,14?/m1/s1. The molecule has 1 unspecified atom stereocenters. The van der Waals surface area contributed by atoms with Crippen molar-refractivity contribution in [1.29, 1.82) is 0 Å². The van der Waals surface area contributed by atoms with Crippen LogP contribution in [0.3, 0.4) is 0 Å². The maximum atomic E-state index is 12.6. The molecule has 1 aromatic carbocycles. The Morgan fingerprint density at radius 3 is 2.63 bits per heavy atom. The SMILES string of the molecule is C[C@@H](NC(=O)OCc1ccccc1)C(=O)N1CCCC1C(=O)NCC(=O)O. The first kappa shape index (κ1) is 20.2. The molecule has 0 radical (unpaired) electrons. The molecule has 1 heterocycles. The number of hydrogen-bond acceptors (Lipinski definition) is 5. The summed E-state index contributed by atoms with van der Waals surface area (Å²) >= 11 is 0. The van der Waals surface area contributed by atoms with E-state index in [2.05, 4.69) is 10.6 Å². The molecule has 0 aromatic heterocycles. The zero-order chi connectivity index (χ0) is 19.8. The average molecular weight is 377 g/mol. The summed E-state index contributed by atoms with van der Waals surface area (Å²) in [6.45, 7) is 1.46. The minimum atomic E-state index is -1.16. The molecule has 0 spiro atoms. The van der Waals surface area contributed by atoms with Gasteiger partial charge in [0.25, 0.3) is 0 Å². The third-order valence-electron chi connectivity index (χ3n) is 4.17. The first-order valence-electron chi connectivity index (χ1n) is 8.65. The number of nitrogens with zero attached hydrogens (tertiary/aromatic N) is 1. The monoisotopic (exact) mass is 377 g/mol. The highest BCUT2D eigenvalue weighted by Gasteiger charge is 2.36. The van der Waals surface area contributed by atoms with E-state index < -0.39 is 42.5 Å². The van der Waals surface area contributed by atoms with Crippen LogP contribution in [0.4, 0.5) is 4.79 Å². The van der Waals surface area contributed by atoms with Crippen molar-refractivity contribution in [3.8, 4) is 0 Å². The molecule has 27 heavy (non-hydrogen) atoms. The summed E-state index contributed by atoms with van der Waals surface area (Å²) in [6.07, 6.45) is 0.343. The number of carboxylic acids is 1. The Labute approximate surface area is 156 Å². The lowest BCUT2D eigenvalue weighted by atomic mass is 10.2. The summed E-state index contributed by atoms with van der Waals surface area (Å²) in [5.74, 6) is -2.09. The Morgan fingerprint density at radius 2 is 1.96 bits per heavy atom. The fourth-order valence-corrected chi connectivity index (χ4v) is 2.84. The molecule has 1 aliphatic heterocycles. The van der Waals surface area contributed by atoms with Crippen LogP contribution in [0, 0.1) is 0 Å². The summed E-state index contributed by atoms with van der Waals surface area (Å²) in [5.41, 5.74) is 0.821. The van der Waals surface area contributed by atoms with E-state index in [4.69, 9.17) is 9.84 Å². The average Bonchev–Trinajstić information content (AvgIpc) is 3.14. The predicted octanol–water partition coefficient (Wildman–Crippen LogP) is 0.493. The van der Waals surface area contributed by atoms with Crippen LogP contribution in [-0.2, 0) is 25.7 Å². The van der Waals surface area contributed by atoms with Crippen LogP contribution in [-0.4, -0.2) is 59.1 Å². The van der Waals surface area contributed by atoms with E-state index in [1.54, 1.807) is 0 Å². The summed E-state index contributed by atoms with van der Waals surface area (Å²) in [4.78, 5) is 48.5. The van der Waals surface area contributed by atoms with Crippen LogP contribution in [0.25, 0.3) is 0 Å². The molecule has 3 amide bonds. The lowest BCUT2D eigenvalue weighted by Gasteiger charge is -2.26. The molecular formula is C18H23N3O6. The van der Waals surface area contributed by atoms with Gasteiger partial charge in [-0.2, -0.15) is 0 Å². The second kappa shape index (κ2) is 9.56. The van der Waals surface area contributed by atoms with Crippen LogP contribution in [0.2, 0.25) is 0 Å². The van der Waals surface area contributed by atoms with Crippen LogP contribution >= 0.6 is 0 Å². The number of rotatable bonds is 7. The number of alkyl carbamates (subject to hydrolysis) is 1. The van der Waals surface area contributed by atoms with Crippen LogP contribution < -0.4 is 10.6 Å². The molecule has 9 heteroatoms. The van der Waals surface area contributed by atoms with Crippen LogP contribution in [0.15, 0.2) is 30.3 Å². The number of nitrogens with one attached hydrogen (secondary N) is 2. The fraction of sp³-hybridized carbons (Fsp3) is 0.444. The van der Waals surface area contributed by atoms with E-state index >= 15 is 0 Å². The van der Waals surface area contributed by atoms with E-state index in [-0.39, 0.29) is 6.61 Å². The van der Waals surface area contributed by atoms with Gasteiger partial charge >= 0.3 is 12.1 Å². The van der Waals surface area contributed by atoms with Gasteiger partial charge < -0.3 is 25.4 Å². The van der Waals surface area contributed by atoms with Crippen molar-refractivity contribution < 1.29 is 29.0 Å². The quantitative estimate of drug-likeness (QED) is 0.635. The molecule has 2 atom stereocenters. The van der Waals surface area contributed by atoms with Crippen molar-refractivity contribution >= 4 is 23.9 Å². The maximum Gasteiger partial charge on any atom is 0.408 e. The minimum Gasteiger partial charge on any atom is -0.480 e. The maximum absolute atomic E-state index is 12.6. The normalized spacial score (nSPS) is 17.1. The highest BCUT2D eigenvalue weighted by atomic mass is 16.5. The second-order valence-corrected chi connectivity index (χ2v) is 6.23. The first-order chi connectivity index (χ1) is 12.9. The molecule has 0 bridgehead atoms. The van der Waals surface area contributed by atoms with Crippen molar-refractivity contribution in [2.24, 2.45) is 0 Å². The van der Waals surface area contributed by atoms with Crippen molar-refractivity contribution in [3.63, 3.8) is 0 Å². The Bertz CT molecular complexity index is 694. The summed E-state index contributed by atoms with van der Waals surface area (Å²) in [7, 11) is 0. The minimum absolute atomic E-state index is 0.0809. The highest BCUT2D eigenvalue weighted by Crippen LogP contribution is 2.18. The third-order valence-corrected chi connectivity index (χ3v) is 4.17. The van der Waals surface area contributed by atoms with Crippen LogP contribution in [0.5, 0.6) is 0 Å². The molecule has 1 aliphatic rings. The van der Waals surface area contributed by atoms with Gasteiger partial charge in [0.05, 0.1) is 0 Å². The smallest absolute Gasteiger partial charge is 0.408 e. The number of carbonyl (C=O) groups is 4. The Balaban J connectivity index is 1.84. The predicted molar refractivity (Wildman–Crippen MR) is 94.6 cm³/mol. The molecular weight excluding hydrogens is 354 g/mol. The number of aliphatic carboxylic acids is 1. The summed E-state index contributed by atoms with van der Waals surface area (Å²) in [6, 6.07) is 7.52. The Kier molecular flexibility index (Phi) is 7.16. The van der Waals surface area contributed by atoms with Gasteiger partial charge in [0, 0.05) is 6.54 Å². The molecule has 1 aromatic rings. The van der Waals surface area contributed by atoms with Crippen molar-refractivity contribution in [3.05, 3.63) is 35.9 Å². The molecule has 0 aliphatic carbocycles. The molecule has 0 saturated carbocycles. The van der Waals surface area contributed by atoms with Gasteiger partial charge in [-0.05, 0) is 25.3 Å². The number of carbonyl (C=O) groups excluding carboxylic acids is 3. The van der Waals surface area contributed by atoms with Gasteiger partial charge in [-0.1, -0.05) is 30.3 Å². The summed E-state index contributed by atoms with van der Waals surface area (Å²) in [5, 5.41) is 13.4. The van der Waals surface area contributed by atoms with Gasteiger partial charge in [-0.3, -0.25) is 14.4 Å². The zero-order valence-electron chi connectivity index (χ0n) is 15.0. The number of carboxylic acid groups (broad SMARTS) is 1. The number of ether oxygens (including phenoxy) is 1. The number of benzene rings is 1. The lowest BCUT2D eigenvalue weighted by molar-refractivity contribution is -0.141. The third kappa shape index (κ3) is 5.98. The van der Waals surface area contributed by atoms with E-state index in [1.165, 1.54) is 11.8 Å². The first-order valence-corrected chi connectivity index (χ1v) is 8.65. The molecule has 1 fully saturated rings. The lowest BCUT2D eigenvalue weighted by Crippen LogP contribution is -2.53. The van der Waals surface area contributed by atoms with Gasteiger partial charge in [-0.25, -0.2) is 4.79 Å². The van der Waals surface area contributed by atoms with Crippen molar-refractivity contribution in [1.82, 2.24) is 15.5 Å². The summed E-state index contributed by atoms with van der Waals surface area (Å²) < 4.78 is 5.09.